The van der Waals surface area contributed by atoms with Crippen LogP contribution in [0.3, 0.4) is 0 Å². The molecular formula is C12H15NO2. The topological polar surface area (TPSA) is 38.3 Å². The van der Waals surface area contributed by atoms with Crippen LogP contribution in [0.4, 0.5) is 5.69 Å². The first-order valence-electron chi connectivity index (χ1n) is 5.13. The molecule has 1 aromatic rings. The van der Waals surface area contributed by atoms with Gasteiger partial charge in [-0.2, -0.15) is 0 Å². The van der Waals surface area contributed by atoms with E-state index in [1.165, 1.54) is 0 Å². The van der Waals surface area contributed by atoms with E-state index in [1.54, 1.807) is 6.07 Å². The smallest absolute Gasteiger partial charge is 0.337 e. The summed E-state index contributed by atoms with van der Waals surface area (Å²) in [5.41, 5.74) is 0.252. The fraction of sp³-hybridized carbons (Fsp3) is 0.417. The maximum Gasteiger partial charge on any atom is 0.337 e. The molecule has 1 aliphatic rings. The van der Waals surface area contributed by atoms with Crippen LogP contribution in [0, 0.1) is 5.92 Å². The minimum Gasteiger partial charge on any atom is -0.423 e. The van der Waals surface area contributed by atoms with Gasteiger partial charge in [0.05, 0.1) is 5.69 Å². The number of anilines is 1. The van der Waals surface area contributed by atoms with Crippen molar-refractivity contribution in [3.63, 3.8) is 0 Å². The molecule has 0 aliphatic carbocycles. The first kappa shape index (κ1) is 10.0. The highest BCUT2D eigenvalue weighted by Gasteiger charge is 2.42. The van der Waals surface area contributed by atoms with Crippen LogP contribution in [0.1, 0.15) is 20.8 Å². The Kier molecular flexibility index (Phi) is 2.18. The average Bonchev–Trinajstić information content (AvgIpc) is 2.19. The lowest BCUT2D eigenvalue weighted by molar-refractivity contribution is -0.141. The molecule has 1 heterocycles. The Balaban J connectivity index is 2.42. The van der Waals surface area contributed by atoms with Gasteiger partial charge in [-0.1, -0.05) is 26.0 Å². The van der Waals surface area contributed by atoms with Gasteiger partial charge >= 0.3 is 5.97 Å². The molecule has 15 heavy (non-hydrogen) atoms. The quantitative estimate of drug-likeness (QED) is 0.565. The summed E-state index contributed by atoms with van der Waals surface area (Å²) in [5.74, 6) is 0.579. The normalized spacial score (nSPS) is 24.4. The zero-order chi connectivity index (χ0) is 11.1. The SMILES string of the molecule is CC(C)C1(C)Nc2ccccc2OC1=O. The van der Waals surface area contributed by atoms with E-state index < -0.39 is 5.54 Å². The highest BCUT2D eigenvalue weighted by Crippen LogP contribution is 2.35. The Morgan fingerprint density at radius 2 is 2.00 bits per heavy atom. The summed E-state index contributed by atoms with van der Waals surface area (Å²) in [6.07, 6.45) is 0. The third kappa shape index (κ3) is 1.48. The zero-order valence-corrected chi connectivity index (χ0v) is 9.20. The van der Waals surface area contributed by atoms with Gasteiger partial charge in [0, 0.05) is 0 Å². The van der Waals surface area contributed by atoms with Gasteiger partial charge in [-0.05, 0) is 25.0 Å². The molecule has 1 aromatic carbocycles. The first-order chi connectivity index (χ1) is 7.04. The molecular weight excluding hydrogens is 190 g/mol. The number of hydrogen-bond acceptors (Lipinski definition) is 3. The van der Waals surface area contributed by atoms with E-state index >= 15 is 0 Å². The van der Waals surface area contributed by atoms with Gasteiger partial charge in [0.2, 0.25) is 0 Å². The summed E-state index contributed by atoms with van der Waals surface area (Å²) >= 11 is 0. The molecule has 0 radical (unpaired) electrons. The van der Waals surface area contributed by atoms with Crippen molar-refractivity contribution < 1.29 is 9.53 Å². The molecule has 1 N–H and O–H groups in total. The van der Waals surface area contributed by atoms with Gasteiger partial charge in [-0.15, -0.1) is 0 Å². The average molecular weight is 205 g/mol. The molecule has 1 aliphatic heterocycles. The van der Waals surface area contributed by atoms with Crippen molar-refractivity contribution in [2.75, 3.05) is 5.32 Å². The maximum absolute atomic E-state index is 11.8. The Morgan fingerprint density at radius 1 is 1.33 bits per heavy atom. The van der Waals surface area contributed by atoms with Crippen molar-refractivity contribution >= 4 is 11.7 Å². The second-order valence-corrected chi connectivity index (χ2v) is 4.37. The lowest BCUT2D eigenvalue weighted by Crippen LogP contribution is -2.52. The van der Waals surface area contributed by atoms with Crippen LogP contribution < -0.4 is 10.1 Å². The molecule has 3 nitrogen and oxygen atoms in total. The van der Waals surface area contributed by atoms with Crippen molar-refractivity contribution in [3.8, 4) is 5.75 Å². The number of ether oxygens (including phenoxy) is 1. The minimum absolute atomic E-state index is 0.179. The lowest BCUT2D eigenvalue weighted by Gasteiger charge is -2.37. The molecule has 0 amide bonds. The summed E-state index contributed by atoms with van der Waals surface area (Å²) in [4.78, 5) is 11.8. The van der Waals surface area contributed by atoms with E-state index in [0.29, 0.717) is 5.75 Å². The van der Waals surface area contributed by atoms with Crippen molar-refractivity contribution in [1.29, 1.82) is 0 Å². The van der Waals surface area contributed by atoms with Crippen LogP contribution in [0.25, 0.3) is 0 Å². The van der Waals surface area contributed by atoms with E-state index in [9.17, 15) is 4.79 Å². The summed E-state index contributed by atoms with van der Waals surface area (Å²) in [6, 6.07) is 7.49. The molecule has 3 heteroatoms. The monoisotopic (exact) mass is 205 g/mol. The highest BCUT2D eigenvalue weighted by molar-refractivity contribution is 5.90. The summed E-state index contributed by atoms with van der Waals surface area (Å²) in [5, 5.41) is 3.25. The number of carbonyl (C=O) groups excluding carboxylic acids is 1. The fourth-order valence-corrected chi connectivity index (χ4v) is 1.58. The molecule has 0 bridgehead atoms. The summed E-state index contributed by atoms with van der Waals surface area (Å²) < 4.78 is 5.31. The second-order valence-electron chi connectivity index (χ2n) is 4.37. The van der Waals surface area contributed by atoms with Crippen molar-refractivity contribution in [1.82, 2.24) is 0 Å². The zero-order valence-electron chi connectivity index (χ0n) is 9.20. The largest absolute Gasteiger partial charge is 0.423 e. The van der Waals surface area contributed by atoms with Crippen LogP contribution in [0.15, 0.2) is 24.3 Å². The molecule has 0 aromatic heterocycles. The Bertz CT molecular complexity index is 400. The summed E-state index contributed by atoms with van der Waals surface area (Å²) in [7, 11) is 0. The van der Waals surface area contributed by atoms with Gasteiger partial charge in [-0.3, -0.25) is 0 Å². The molecule has 0 saturated carbocycles. The number of carbonyl (C=O) groups is 1. The maximum atomic E-state index is 11.8. The van der Waals surface area contributed by atoms with E-state index in [4.69, 9.17) is 4.74 Å². The fourth-order valence-electron chi connectivity index (χ4n) is 1.58. The van der Waals surface area contributed by atoms with Gasteiger partial charge in [-0.25, -0.2) is 4.79 Å². The van der Waals surface area contributed by atoms with Crippen LogP contribution >= 0.6 is 0 Å². The number of nitrogens with one attached hydrogen (secondary N) is 1. The van der Waals surface area contributed by atoms with Gasteiger partial charge in [0.15, 0.2) is 5.75 Å². The molecule has 0 fully saturated rings. The summed E-state index contributed by atoms with van der Waals surface area (Å²) in [6.45, 7) is 5.88. The van der Waals surface area contributed by atoms with Gasteiger partial charge in [0.1, 0.15) is 5.54 Å². The number of para-hydroxylation sites is 2. The predicted octanol–water partition coefficient (Wildman–Crippen LogP) is 2.43. The van der Waals surface area contributed by atoms with E-state index in [2.05, 4.69) is 5.32 Å². The number of fused-ring (bicyclic) bond motifs is 1. The van der Waals surface area contributed by atoms with Crippen molar-refractivity contribution in [3.05, 3.63) is 24.3 Å². The number of esters is 1. The Morgan fingerprint density at radius 3 is 2.67 bits per heavy atom. The molecule has 1 unspecified atom stereocenters. The molecule has 2 rings (SSSR count). The van der Waals surface area contributed by atoms with Crippen LogP contribution in [-0.4, -0.2) is 11.5 Å². The molecule has 0 saturated heterocycles. The molecule has 1 atom stereocenters. The predicted molar refractivity (Wildman–Crippen MR) is 58.9 cm³/mol. The third-order valence-electron chi connectivity index (χ3n) is 3.06. The Hall–Kier alpha value is -1.51. The number of rotatable bonds is 1. The first-order valence-corrected chi connectivity index (χ1v) is 5.13. The molecule has 80 valence electrons. The van der Waals surface area contributed by atoms with E-state index in [0.717, 1.165) is 5.69 Å². The minimum atomic E-state index is -0.631. The number of hydrogen-bond donors (Lipinski definition) is 1. The van der Waals surface area contributed by atoms with Gasteiger partial charge < -0.3 is 10.1 Å². The van der Waals surface area contributed by atoms with Crippen molar-refractivity contribution in [2.45, 2.75) is 26.3 Å². The van der Waals surface area contributed by atoms with Gasteiger partial charge in [0.25, 0.3) is 0 Å². The number of benzene rings is 1. The van der Waals surface area contributed by atoms with Crippen LogP contribution in [0.2, 0.25) is 0 Å². The highest BCUT2D eigenvalue weighted by atomic mass is 16.5. The lowest BCUT2D eigenvalue weighted by atomic mass is 9.87. The third-order valence-corrected chi connectivity index (χ3v) is 3.06. The van der Waals surface area contributed by atoms with Crippen LogP contribution in [0.5, 0.6) is 5.75 Å². The van der Waals surface area contributed by atoms with Crippen LogP contribution in [-0.2, 0) is 4.79 Å². The van der Waals surface area contributed by atoms with Crippen molar-refractivity contribution in [2.24, 2.45) is 5.92 Å². The van der Waals surface area contributed by atoms with E-state index in [-0.39, 0.29) is 11.9 Å². The second kappa shape index (κ2) is 3.26. The standard InChI is InChI=1S/C12H15NO2/c1-8(2)12(3)11(14)15-10-7-5-4-6-9(10)13-12/h4-8,13H,1-3H3. The molecule has 0 spiro atoms. The van der Waals surface area contributed by atoms with E-state index in [1.807, 2.05) is 39.0 Å². The Labute approximate surface area is 89.4 Å².